The molecule has 4 rings (SSSR count). The van der Waals surface area contributed by atoms with E-state index in [-0.39, 0.29) is 17.1 Å². The SMILES string of the molecule is COc1ccc(C(=O)Nc2cccc(SC(C)C(=O)Nc3nc(-c4ccc(C)cc4)c(C)s3)c2)cc1. The minimum absolute atomic E-state index is 0.128. The number of anilines is 2. The molecule has 0 aliphatic heterocycles. The lowest BCUT2D eigenvalue weighted by Crippen LogP contribution is -2.22. The number of thioether (sulfide) groups is 1. The molecule has 36 heavy (non-hydrogen) atoms. The largest absolute Gasteiger partial charge is 0.497 e. The molecular weight excluding hydrogens is 490 g/mol. The number of aryl methyl sites for hydroxylation is 2. The van der Waals surface area contributed by atoms with Crippen LogP contribution in [0.4, 0.5) is 10.8 Å². The Balaban J connectivity index is 1.37. The Kier molecular flexibility index (Phi) is 8.07. The maximum Gasteiger partial charge on any atom is 0.255 e. The van der Waals surface area contributed by atoms with E-state index in [2.05, 4.69) is 27.8 Å². The number of nitrogens with zero attached hydrogens (tertiary/aromatic N) is 1. The first-order valence-corrected chi connectivity index (χ1v) is 13.1. The first kappa shape index (κ1) is 25.5. The lowest BCUT2D eigenvalue weighted by atomic mass is 10.1. The molecule has 6 nitrogen and oxygen atoms in total. The Hall–Kier alpha value is -3.62. The van der Waals surface area contributed by atoms with Gasteiger partial charge in [-0.15, -0.1) is 23.1 Å². The summed E-state index contributed by atoms with van der Waals surface area (Å²) in [4.78, 5) is 32.0. The summed E-state index contributed by atoms with van der Waals surface area (Å²) in [6, 6.07) is 22.6. The fraction of sp³-hybridized carbons (Fsp3) is 0.179. The van der Waals surface area contributed by atoms with Gasteiger partial charge in [0.05, 0.1) is 18.1 Å². The van der Waals surface area contributed by atoms with Crippen LogP contribution in [-0.2, 0) is 4.79 Å². The van der Waals surface area contributed by atoms with Crippen molar-refractivity contribution >= 4 is 45.7 Å². The highest BCUT2D eigenvalue weighted by Crippen LogP contribution is 2.32. The van der Waals surface area contributed by atoms with Crippen molar-refractivity contribution < 1.29 is 14.3 Å². The summed E-state index contributed by atoms with van der Waals surface area (Å²) >= 11 is 2.89. The molecule has 8 heteroatoms. The summed E-state index contributed by atoms with van der Waals surface area (Å²) in [6.45, 7) is 5.91. The summed E-state index contributed by atoms with van der Waals surface area (Å²) in [6.07, 6.45) is 0. The Morgan fingerprint density at radius 2 is 1.69 bits per heavy atom. The number of carbonyl (C=O) groups excluding carboxylic acids is 2. The molecule has 0 saturated heterocycles. The highest BCUT2D eigenvalue weighted by molar-refractivity contribution is 8.00. The fourth-order valence-electron chi connectivity index (χ4n) is 3.49. The quantitative estimate of drug-likeness (QED) is 0.251. The summed E-state index contributed by atoms with van der Waals surface area (Å²) in [5.41, 5.74) is 4.30. The molecule has 0 fully saturated rings. The van der Waals surface area contributed by atoms with Gasteiger partial charge in [0, 0.05) is 26.6 Å². The molecule has 1 unspecified atom stereocenters. The van der Waals surface area contributed by atoms with Crippen LogP contribution >= 0.6 is 23.1 Å². The number of rotatable bonds is 8. The number of benzene rings is 3. The van der Waals surface area contributed by atoms with E-state index in [0.29, 0.717) is 22.1 Å². The van der Waals surface area contributed by atoms with E-state index in [1.807, 2.05) is 57.2 Å². The molecule has 3 aromatic carbocycles. The molecule has 1 heterocycles. The molecule has 0 saturated carbocycles. The van der Waals surface area contributed by atoms with Gasteiger partial charge in [0.2, 0.25) is 5.91 Å². The average Bonchev–Trinajstić information content (AvgIpc) is 3.24. The van der Waals surface area contributed by atoms with Crippen molar-refractivity contribution in [2.45, 2.75) is 30.9 Å². The van der Waals surface area contributed by atoms with Gasteiger partial charge in [0.25, 0.3) is 5.91 Å². The summed E-state index contributed by atoms with van der Waals surface area (Å²) in [5, 5.41) is 6.08. The van der Waals surface area contributed by atoms with Crippen molar-refractivity contribution in [3.8, 4) is 17.0 Å². The van der Waals surface area contributed by atoms with Gasteiger partial charge < -0.3 is 15.4 Å². The molecule has 0 spiro atoms. The number of aromatic nitrogens is 1. The van der Waals surface area contributed by atoms with E-state index in [0.717, 1.165) is 21.0 Å². The van der Waals surface area contributed by atoms with Gasteiger partial charge in [-0.1, -0.05) is 35.9 Å². The van der Waals surface area contributed by atoms with Crippen LogP contribution in [0.5, 0.6) is 5.75 Å². The third-order valence-corrected chi connectivity index (χ3v) is 7.46. The standard InChI is InChI=1S/C28H27N3O3S2/c1-17-8-10-20(11-9-17)25-18(2)36-28(30-25)31-26(32)19(3)35-24-7-5-6-22(16-24)29-27(33)21-12-14-23(34-4)15-13-21/h5-16,19H,1-4H3,(H,29,33)(H,30,31,32). The van der Waals surface area contributed by atoms with Crippen LogP contribution in [0.1, 0.15) is 27.7 Å². The van der Waals surface area contributed by atoms with E-state index in [4.69, 9.17) is 4.74 Å². The maximum atomic E-state index is 12.9. The van der Waals surface area contributed by atoms with Crippen LogP contribution in [0.2, 0.25) is 0 Å². The van der Waals surface area contributed by atoms with E-state index in [1.54, 1.807) is 31.4 Å². The monoisotopic (exact) mass is 517 g/mol. The Bertz CT molecular complexity index is 1370. The van der Waals surface area contributed by atoms with Gasteiger partial charge in [-0.25, -0.2) is 4.98 Å². The lowest BCUT2D eigenvalue weighted by Gasteiger charge is -2.12. The smallest absolute Gasteiger partial charge is 0.255 e. The Morgan fingerprint density at radius 1 is 0.972 bits per heavy atom. The maximum absolute atomic E-state index is 12.9. The molecular formula is C28H27N3O3S2. The number of carbonyl (C=O) groups is 2. The van der Waals surface area contributed by atoms with Crippen molar-refractivity contribution in [2.75, 3.05) is 17.7 Å². The fourth-order valence-corrected chi connectivity index (χ4v) is 5.25. The first-order chi connectivity index (χ1) is 17.3. The minimum atomic E-state index is -0.357. The second-order valence-electron chi connectivity index (χ2n) is 8.25. The van der Waals surface area contributed by atoms with Gasteiger partial charge in [0.1, 0.15) is 5.75 Å². The molecule has 2 amide bonds. The molecule has 0 aliphatic carbocycles. The van der Waals surface area contributed by atoms with Crippen molar-refractivity contribution in [3.63, 3.8) is 0 Å². The first-order valence-electron chi connectivity index (χ1n) is 11.4. The van der Waals surface area contributed by atoms with Gasteiger partial charge >= 0.3 is 0 Å². The second-order valence-corrected chi connectivity index (χ2v) is 10.9. The third kappa shape index (κ3) is 6.33. The predicted octanol–water partition coefficient (Wildman–Crippen LogP) is 6.81. The van der Waals surface area contributed by atoms with Crippen LogP contribution in [0, 0.1) is 13.8 Å². The molecule has 184 valence electrons. The molecule has 4 aromatic rings. The van der Waals surface area contributed by atoms with E-state index < -0.39 is 0 Å². The molecule has 2 N–H and O–H groups in total. The zero-order valence-electron chi connectivity index (χ0n) is 20.5. The number of amides is 2. The highest BCUT2D eigenvalue weighted by Gasteiger charge is 2.18. The summed E-state index contributed by atoms with van der Waals surface area (Å²) < 4.78 is 5.14. The van der Waals surface area contributed by atoms with Crippen LogP contribution in [0.15, 0.2) is 77.7 Å². The van der Waals surface area contributed by atoms with Crippen molar-refractivity contribution in [3.05, 3.63) is 88.8 Å². The molecule has 0 radical (unpaired) electrons. The molecule has 0 bridgehead atoms. The van der Waals surface area contributed by atoms with Gasteiger partial charge in [-0.2, -0.15) is 0 Å². The normalized spacial score (nSPS) is 11.6. The summed E-state index contributed by atoms with van der Waals surface area (Å²) in [5.74, 6) is 0.350. The lowest BCUT2D eigenvalue weighted by molar-refractivity contribution is -0.115. The number of nitrogens with one attached hydrogen (secondary N) is 2. The highest BCUT2D eigenvalue weighted by atomic mass is 32.2. The predicted molar refractivity (Wildman–Crippen MR) is 148 cm³/mol. The van der Waals surface area contributed by atoms with Gasteiger partial charge in [-0.3, -0.25) is 9.59 Å². The zero-order chi connectivity index (χ0) is 25.7. The minimum Gasteiger partial charge on any atom is -0.497 e. The van der Waals surface area contributed by atoms with Gasteiger partial charge in [0.15, 0.2) is 5.13 Å². The number of hydrogen-bond donors (Lipinski definition) is 2. The van der Waals surface area contributed by atoms with Gasteiger partial charge in [-0.05, 0) is 63.2 Å². The average molecular weight is 518 g/mol. The Labute approximate surface area is 219 Å². The third-order valence-electron chi connectivity index (χ3n) is 5.48. The second kappa shape index (κ2) is 11.4. The molecule has 1 atom stereocenters. The number of ether oxygens (including phenoxy) is 1. The number of methoxy groups -OCH3 is 1. The molecule has 1 aromatic heterocycles. The van der Waals surface area contributed by atoms with Crippen molar-refractivity contribution in [2.24, 2.45) is 0 Å². The van der Waals surface area contributed by atoms with Crippen LogP contribution in [0.3, 0.4) is 0 Å². The number of hydrogen-bond acceptors (Lipinski definition) is 6. The number of thiazole rings is 1. The van der Waals surface area contributed by atoms with Crippen LogP contribution in [0.25, 0.3) is 11.3 Å². The van der Waals surface area contributed by atoms with Crippen molar-refractivity contribution in [1.29, 1.82) is 0 Å². The Morgan fingerprint density at radius 3 is 2.39 bits per heavy atom. The van der Waals surface area contributed by atoms with E-state index in [9.17, 15) is 9.59 Å². The zero-order valence-corrected chi connectivity index (χ0v) is 22.1. The summed E-state index contributed by atoms with van der Waals surface area (Å²) in [7, 11) is 1.58. The molecule has 0 aliphatic rings. The van der Waals surface area contributed by atoms with Crippen molar-refractivity contribution in [1.82, 2.24) is 4.98 Å². The topological polar surface area (TPSA) is 80.3 Å². The van der Waals surface area contributed by atoms with Crippen LogP contribution in [-0.4, -0.2) is 29.2 Å². The van der Waals surface area contributed by atoms with Crippen LogP contribution < -0.4 is 15.4 Å². The van der Waals surface area contributed by atoms with E-state index >= 15 is 0 Å². The van der Waals surface area contributed by atoms with E-state index in [1.165, 1.54) is 28.7 Å².